The Labute approximate surface area is 180 Å². The van der Waals surface area contributed by atoms with Gasteiger partial charge in [0.05, 0.1) is 42.2 Å². The van der Waals surface area contributed by atoms with Crippen molar-refractivity contribution < 1.29 is 9.53 Å². The second-order valence-corrected chi connectivity index (χ2v) is 9.41. The Balaban J connectivity index is 1.58. The molecule has 5 heterocycles. The molecule has 1 aliphatic carbocycles. The van der Waals surface area contributed by atoms with Gasteiger partial charge in [-0.05, 0) is 25.2 Å². The van der Waals surface area contributed by atoms with Crippen molar-refractivity contribution in [3.63, 3.8) is 0 Å². The number of nitrogens with one attached hydrogen (secondary N) is 1. The number of morpholine rings is 1. The Bertz CT molecular complexity index is 1150. The molecule has 1 saturated carbocycles. The van der Waals surface area contributed by atoms with Crippen molar-refractivity contribution in [1.29, 1.82) is 0 Å². The van der Waals surface area contributed by atoms with Gasteiger partial charge >= 0.3 is 0 Å². The van der Waals surface area contributed by atoms with Gasteiger partial charge in [-0.2, -0.15) is 14.9 Å². The van der Waals surface area contributed by atoms with Crippen LogP contribution in [0.5, 0.6) is 0 Å². The fourth-order valence-electron chi connectivity index (χ4n) is 4.71. The molecule has 31 heavy (non-hydrogen) atoms. The Kier molecular flexibility index (Phi) is 4.11. The van der Waals surface area contributed by atoms with Crippen molar-refractivity contribution in [3.8, 4) is 5.82 Å². The number of nitrogens with zero attached hydrogens (tertiary/aromatic N) is 6. The standard InChI is InChI=1S/C22H27N7O2/c1-14-12-31-10-9-27(14)18-11-16-20-15(3-4-19(30)28(16)13-22(2)6-7-22)26-29(21(20)24-18)17-5-8-23-25-17/h5,8,11,14H,3-4,6-7,9-10,12-13H2,1-2H3,(H,23,25)/t14-/m1/s1. The minimum Gasteiger partial charge on any atom is -0.377 e. The van der Waals surface area contributed by atoms with Gasteiger partial charge in [0.1, 0.15) is 5.82 Å². The van der Waals surface area contributed by atoms with Crippen LogP contribution in [0.4, 0.5) is 11.5 Å². The first kappa shape index (κ1) is 18.8. The fourth-order valence-corrected chi connectivity index (χ4v) is 4.71. The molecule has 1 N–H and O–H groups in total. The predicted octanol–water partition coefficient (Wildman–Crippen LogP) is 2.45. The molecule has 3 aromatic heterocycles. The van der Waals surface area contributed by atoms with Crippen molar-refractivity contribution in [3.05, 3.63) is 24.0 Å². The molecule has 0 radical (unpaired) electrons. The fraction of sp³-hybridized carbons (Fsp3) is 0.545. The van der Waals surface area contributed by atoms with Crippen LogP contribution in [0.3, 0.4) is 0 Å². The molecule has 0 aromatic carbocycles. The maximum absolute atomic E-state index is 13.2. The molecule has 3 aliphatic rings. The van der Waals surface area contributed by atoms with Crippen molar-refractivity contribution in [1.82, 2.24) is 25.0 Å². The summed E-state index contributed by atoms with van der Waals surface area (Å²) in [5, 5.41) is 13.0. The molecule has 2 aliphatic heterocycles. The van der Waals surface area contributed by atoms with E-state index in [-0.39, 0.29) is 17.4 Å². The zero-order valence-corrected chi connectivity index (χ0v) is 18.0. The van der Waals surface area contributed by atoms with E-state index in [4.69, 9.17) is 14.8 Å². The van der Waals surface area contributed by atoms with E-state index in [0.29, 0.717) is 26.1 Å². The lowest BCUT2D eigenvalue weighted by atomic mass is 10.1. The normalized spacial score (nSPS) is 22.8. The van der Waals surface area contributed by atoms with E-state index < -0.39 is 0 Å². The number of rotatable bonds is 4. The van der Waals surface area contributed by atoms with Crippen molar-refractivity contribution in [2.24, 2.45) is 5.41 Å². The van der Waals surface area contributed by atoms with E-state index in [2.05, 4.69) is 35.0 Å². The molecule has 1 amide bonds. The highest BCUT2D eigenvalue weighted by Crippen LogP contribution is 2.47. The number of amides is 1. The van der Waals surface area contributed by atoms with Crippen LogP contribution in [0.25, 0.3) is 16.9 Å². The largest absolute Gasteiger partial charge is 0.377 e. The number of aromatic amines is 1. The summed E-state index contributed by atoms with van der Waals surface area (Å²) in [6.45, 7) is 7.28. The Morgan fingerprint density at radius 3 is 2.94 bits per heavy atom. The number of ether oxygens (including phenoxy) is 1. The molecule has 6 rings (SSSR count). The van der Waals surface area contributed by atoms with Gasteiger partial charge in [-0.15, -0.1) is 0 Å². The minimum atomic E-state index is 0.174. The van der Waals surface area contributed by atoms with Gasteiger partial charge in [0.15, 0.2) is 11.5 Å². The van der Waals surface area contributed by atoms with Crippen LogP contribution in [-0.4, -0.2) is 63.2 Å². The molecule has 0 bridgehead atoms. The van der Waals surface area contributed by atoms with E-state index in [1.54, 1.807) is 6.20 Å². The summed E-state index contributed by atoms with van der Waals surface area (Å²) >= 11 is 0. The highest BCUT2D eigenvalue weighted by atomic mass is 16.5. The molecule has 9 nitrogen and oxygen atoms in total. The second-order valence-electron chi connectivity index (χ2n) is 9.41. The van der Waals surface area contributed by atoms with Crippen molar-refractivity contribution in [2.45, 2.75) is 45.6 Å². The summed E-state index contributed by atoms with van der Waals surface area (Å²) in [7, 11) is 0. The summed E-state index contributed by atoms with van der Waals surface area (Å²) in [6, 6.07) is 4.20. The third-order valence-corrected chi connectivity index (χ3v) is 6.86. The molecule has 0 spiro atoms. The van der Waals surface area contributed by atoms with Gasteiger partial charge in [-0.1, -0.05) is 6.92 Å². The Morgan fingerprint density at radius 2 is 2.19 bits per heavy atom. The van der Waals surface area contributed by atoms with E-state index in [1.807, 2.05) is 15.6 Å². The maximum Gasteiger partial charge on any atom is 0.227 e. The zero-order valence-electron chi connectivity index (χ0n) is 18.0. The highest BCUT2D eigenvalue weighted by Gasteiger charge is 2.42. The van der Waals surface area contributed by atoms with Gasteiger partial charge < -0.3 is 14.5 Å². The van der Waals surface area contributed by atoms with Crippen LogP contribution in [0, 0.1) is 5.41 Å². The topological polar surface area (TPSA) is 92.2 Å². The molecule has 162 valence electrons. The SMILES string of the molecule is C[C@@H]1COCCN1c1cc2c3c(nn(-c4ccn[nH]4)c3n1)CCC(=O)N2CC1(C)CC1. The van der Waals surface area contributed by atoms with Gasteiger partial charge in [0.25, 0.3) is 0 Å². The lowest BCUT2D eigenvalue weighted by Gasteiger charge is -2.35. The van der Waals surface area contributed by atoms with Crippen LogP contribution < -0.4 is 9.80 Å². The van der Waals surface area contributed by atoms with E-state index >= 15 is 0 Å². The molecular weight excluding hydrogens is 394 g/mol. The van der Waals surface area contributed by atoms with Gasteiger partial charge in [-0.3, -0.25) is 9.89 Å². The van der Waals surface area contributed by atoms with E-state index in [0.717, 1.165) is 47.1 Å². The molecule has 2 fully saturated rings. The summed E-state index contributed by atoms with van der Waals surface area (Å²) in [4.78, 5) is 22.6. The summed E-state index contributed by atoms with van der Waals surface area (Å²) in [5.41, 5.74) is 2.84. The number of hydrogen-bond acceptors (Lipinski definition) is 6. The lowest BCUT2D eigenvalue weighted by Crippen LogP contribution is -2.44. The van der Waals surface area contributed by atoms with Crippen LogP contribution >= 0.6 is 0 Å². The Morgan fingerprint density at radius 1 is 1.32 bits per heavy atom. The predicted molar refractivity (Wildman–Crippen MR) is 117 cm³/mol. The number of aryl methyl sites for hydroxylation is 1. The number of hydrogen-bond donors (Lipinski definition) is 1. The van der Waals surface area contributed by atoms with Gasteiger partial charge in [0, 0.05) is 38.1 Å². The van der Waals surface area contributed by atoms with E-state index in [1.165, 1.54) is 12.8 Å². The molecule has 9 heteroatoms. The molecule has 0 unspecified atom stereocenters. The highest BCUT2D eigenvalue weighted by molar-refractivity contribution is 6.06. The summed E-state index contributed by atoms with van der Waals surface area (Å²) in [6.07, 6.45) is 5.12. The van der Waals surface area contributed by atoms with Crippen LogP contribution in [0.2, 0.25) is 0 Å². The van der Waals surface area contributed by atoms with Crippen LogP contribution in [-0.2, 0) is 16.0 Å². The maximum atomic E-state index is 13.2. The second kappa shape index (κ2) is 6.78. The lowest BCUT2D eigenvalue weighted by molar-refractivity contribution is -0.118. The zero-order chi connectivity index (χ0) is 21.2. The van der Waals surface area contributed by atoms with Crippen LogP contribution in [0.15, 0.2) is 18.3 Å². The Hall–Kier alpha value is -2.94. The first-order valence-corrected chi connectivity index (χ1v) is 11.1. The number of carbonyl (C=O) groups excluding carboxylic acids is 1. The number of H-pyrrole nitrogens is 1. The summed E-state index contributed by atoms with van der Waals surface area (Å²) < 4.78 is 7.48. The molecule has 1 atom stereocenters. The smallest absolute Gasteiger partial charge is 0.227 e. The first-order valence-electron chi connectivity index (χ1n) is 11.1. The summed E-state index contributed by atoms with van der Waals surface area (Å²) in [5.74, 6) is 1.81. The average molecular weight is 422 g/mol. The van der Waals surface area contributed by atoms with Gasteiger partial charge in [0.2, 0.25) is 5.91 Å². The van der Waals surface area contributed by atoms with Crippen molar-refractivity contribution in [2.75, 3.05) is 36.1 Å². The van der Waals surface area contributed by atoms with E-state index in [9.17, 15) is 4.79 Å². The number of pyridine rings is 1. The van der Waals surface area contributed by atoms with Gasteiger partial charge in [-0.25, -0.2) is 4.98 Å². The first-order chi connectivity index (χ1) is 15.0. The number of aromatic nitrogens is 5. The minimum absolute atomic E-state index is 0.174. The molecule has 1 saturated heterocycles. The molecular formula is C22H27N7O2. The quantitative estimate of drug-likeness (QED) is 0.696. The number of anilines is 2. The van der Waals surface area contributed by atoms with Crippen LogP contribution in [0.1, 0.15) is 38.8 Å². The third kappa shape index (κ3) is 3.10. The third-order valence-electron chi connectivity index (χ3n) is 6.86. The number of carbonyl (C=O) groups is 1. The average Bonchev–Trinajstić information content (AvgIpc) is 3.16. The monoisotopic (exact) mass is 421 g/mol. The van der Waals surface area contributed by atoms with Crippen molar-refractivity contribution >= 4 is 28.4 Å². The molecule has 3 aromatic rings.